The first-order valence-electron chi connectivity index (χ1n) is 6.04. The maximum absolute atomic E-state index is 10.3. The van der Waals surface area contributed by atoms with Gasteiger partial charge in [0.1, 0.15) is 5.75 Å². The number of rotatable bonds is 5. The van der Waals surface area contributed by atoms with Crippen LogP contribution in [0.2, 0.25) is 0 Å². The fraction of sp³-hybridized carbons (Fsp3) is 0.267. The number of ether oxygens (including phenoxy) is 2. The van der Waals surface area contributed by atoms with Gasteiger partial charge in [0.2, 0.25) is 5.88 Å². The van der Waals surface area contributed by atoms with E-state index in [4.69, 9.17) is 9.47 Å². The van der Waals surface area contributed by atoms with Crippen molar-refractivity contribution in [2.75, 3.05) is 14.2 Å². The number of hydrogen-bond acceptors (Lipinski definition) is 4. The van der Waals surface area contributed by atoms with Crippen LogP contribution >= 0.6 is 0 Å². The molecule has 1 N–H and O–H groups in total. The molecule has 2 aromatic rings. The Kier molecular flexibility index (Phi) is 4.36. The summed E-state index contributed by atoms with van der Waals surface area (Å²) in [6, 6.07) is 11.1. The highest BCUT2D eigenvalue weighted by atomic mass is 16.5. The van der Waals surface area contributed by atoms with E-state index in [2.05, 4.69) is 4.98 Å². The van der Waals surface area contributed by atoms with Gasteiger partial charge in [0.15, 0.2) is 0 Å². The highest BCUT2D eigenvalue weighted by Gasteiger charge is 2.13. The van der Waals surface area contributed by atoms with Crippen molar-refractivity contribution >= 4 is 0 Å². The Bertz CT molecular complexity index is 525. The Morgan fingerprint density at radius 1 is 1.11 bits per heavy atom. The minimum atomic E-state index is -0.619. The Balaban J connectivity index is 2.13. The SMILES string of the molecule is COc1ccc(CC(O)c2ccccc2OC)cn1. The normalized spacial score (nSPS) is 11.9. The summed E-state index contributed by atoms with van der Waals surface area (Å²) in [4.78, 5) is 4.12. The maximum Gasteiger partial charge on any atom is 0.212 e. The number of methoxy groups -OCH3 is 2. The van der Waals surface area contributed by atoms with Crippen molar-refractivity contribution in [1.29, 1.82) is 0 Å². The van der Waals surface area contributed by atoms with E-state index in [0.717, 1.165) is 11.1 Å². The number of para-hydroxylation sites is 1. The third-order valence-electron chi connectivity index (χ3n) is 2.93. The molecule has 0 spiro atoms. The van der Waals surface area contributed by atoms with Crippen LogP contribution < -0.4 is 9.47 Å². The van der Waals surface area contributed by atoms with Gasteiger partial charge in [-0.15, -0.1) is 0 Å². The predicted molar refractivity (Wildman–Crippen MR) is 72.4 cm³/mol. The quantitative estimate of drug-likeness (QED) is 0.895. The van der Waals surface area contributed by atoms with Crippen molar-refractivity contribution < 1.29 is 14.6 Å². The van der Waals surface area contributed by atoms with Gasteiger partial charge in [-0.25, -0.2) is 4.98 Å². The molecule has 0 radical (unpaired) electrons. The molecule has 0 fully saturated rings. The Morgan fingerprint density at radius 2 is 1.89 bits per heavy atom. The minimum absolute atomic E-state index is 0.483. The lowest BCUT2D eigenvalue weighted by molar-refractivity contribution is 0.174. The van der Waals surface area contributed by atoms with E-state index in [9.17, 15) is 5.11 Å². The molecule has 0 amide bonds. The van der Waals surface area contributed by atoms with Gasteiger partial charge in [-0.1, -0.05) is 24.3 Å². The summed E-state index contributed by atoms with van der Waals surface area (Å²) in [5.74, 6) is 1.26. The first-order valence-corrected chi connectivity index (χ1v) is 6.04. The lowest BCUT2D eigenvalue weighted by atomic mass is 10.0. The molecule has 0 saturated heterocycles. The molecule has 19 heavy (non-hydrogen) atoms. The van der Waals surface area contributed by atoms with Crippen molar-refractivity contribution in [3.8, 4) is 11.6 Å². The van der Waals surface area contributed by atoms with Gasteiger partial charge in [-0.05, 0) is 11.6 Å². The molecule has 4 heteroatoms. The molecule has 1 unspecified atom stereocenters. The number of aliphatic hydroxyl groups is 1. The maximum atomic E-state index is 10.3. The van der Waals surface area contributed by atoms with Crippen molar-refractivity contribution in [3.63, 3.8) is 0 Å². The number of benzene rings is 1. The van der Waals surface area contributed by atoms with Crippen LogP contribution in [0.4, 0.5) is 0 Å². The highest BCUT2D eigenvalue weighted by Crippen LogP contribution is 2.27. The zero-order valence-electron chi connectivity index (χ0n) is 11.0. The zero-order chi connectivity index (χ0) is 13.7. The van der Waals surface area contributed by atoms with E-state index in [1.54, 1.807) is 26.5 Å². The summed E-state index contributed by atoms with van der Waals surface area (Å²) < 4.78 is 10.2. The van der Waals surface area contributed by atoms with E-state index in [0.29, 0.717) is 18.1 Å². The molecule has 1 heterocycles. The molecule has 0 aliphatic carbocycles. The second kappa shape index (κ2) is 6.20. The monoisotopic (exact) mass is 259 g/mol. The van der Waals surface area contributed by atoms with Gasteiger partial charge in [0, 0.05) is 24.2 Å². The lowest BCUT2D eigenvalue weighted by Crippen LogP contribution is -2.04. The van der Waals surface area contributed by atoms with Crippen LogP contribution in [0.25, 0.3) is 0 Å². The smallest absolute Gasteiger partial charge is 0.212 e. The molecule has 0 aliphatic rings. The van der Waals surface area contributed by atoms with Crippen LogP contribution in [0.3, 0.4) is 0 Å². The third kappa shape index (κ3) is 3.23. The average Bonchev–Trinajstić information content (AvgIpc) is 2.48. The van der Waals surface area contributed by atoms with Crippen molar-refractivity contribution in [2.45, 2.75) is 12.5 Å². The van der Waals surface area contributed by atoms with E-state index < -0.39 is 6.10 Å². The van der Waals surface area contributed by atoms with Gasteiger partial charge < -0.3 is 14.6 Å². The second-order valence-electron chi connectivity index (χ2n) is 4.17. The van der Waals surface area contributed by atoms with E-state index >= 15 is 0 Å². The van der Waals surface area contributed by atoms with Crippen LogP contribution in [-0.4, -0.2) is 24.3 Å². The van der Waals surface area contributed by atoms with Crippen LogP contribution in [0, 0.1) is 0 Å². The Morgan fingerprint density at radius 3 is 2.53 bits per heavy atom. The molecule has 0 aliphatic heterocycles. The van der Waals surface area contributed by atoms with Gasteiger partial charge in [0.25, 0.3) is 0 Å². The second-order valence-corrected chi connectivity index (χ2v) is 4.17. The first kappa shape index (κ1) is 13.4. The summed E-state index contributed by atoms with van der Waals surface area (Å²) in [5.41, 5.74) is 1.72. The molecule has 100 valence electrons. The van der Waals surface area contributed by atoms with Crippen LogP contribution in [0.1, 0.15) is 17.2 Å². The number of hydrogen-bond donors (Lipinski definition) is 1. The average molecular weight is 259 g/mol. The fourth-order valence-corrected chi connectivity index (χ4v) is 1.93. The molecular formula is C15H17NO3. The summed E-state index contributed by atoms with van der Waals surface area (Å²) in [6.07, 6.45) is 1.57. The van der Waals surface area contributed by atoms with Gasteiger partial charge >= 0.3 is 0 Å². The van der Waals surface area contributed by atoms with Crippen molar-refractivity contribution in [1.82, 2.24) is 4.98 Å². The molecule has 0 bridgehead atoms. The topological polar surface area (TPSA) is 51.6 Å². The van der Waals surface area contributed by atoms with Crippen LogP contribution in [-0.2, 0) is 6.42 Å². The summed E-state index contributed by atoms with van der Waals surface area (Å²) in [5, 5.41) is 10.3. The van der Waals surface area contributed by atoms with E-state index in [1.807, 2.05) is 30.3 Å². The summed E-state index contributed by atoms with van der Waals surface area (Å²) in [7, 11) is 3.17. The van der Waals surface area contributed by atoms with Crippen molar-refractivity contribution in [2.24, 2.45) is 0 Å². The summed E-state index contributed by atoms with van der Waals surface area (Å²) in [6.45, 7) is 0. The Hall–Kier alpha value is -2.07. The van der Waals surface area contributed by atoms with Gasteiger partial charge in [-0.3, -0.25) is 0 Å². The minimum Gasteiger partial charge on any atom is -0.496 e. The highest BCUT2D eigenvalue weighted by molar-refractivity contribution is 5.36. The predicted octanol–water partition coefficient (Wildman–Crippen LogP) is 2.37. The molecule has 1 atom stereocenters. The number of aromatic nitrogens is 1. The molecule has 1 aromatic carbocycles. The number of nitrogens with zero attached hydrogens (tertiary/aromatic N) is 1. The largest absolute Gasteiger partial charge is 0.496 e. The van der Waals surface area contributed by atoms with Crippen LogP contribution in [0.5, 0.6) is 11.6 Å². The molecule has 2 rings (SSSR count). The van der Waals surface area contributed by atoms with E-state index in [-0.39, 0.29) is 0 Å². The summed E-state index contributed by atoms with van der Waals surface area (Å²) >= 11 is 0. The molecular weight excluding hydrogens is 242 g/mol. The first-order chi connectivity index (χ1) is 9.24. The fourth-order valence-electron chi connectivity index (χ4n) is 1.93. The standard InChI is InChI=1S/C15H17NO3/c1-18-14-6-4-3-5-12(14)13(17)9-11-7-8-15(19-2)16-10-11/h3-8,10,13,17H,9H2,1-2H3. The van der Waals surface area contributed by atoms with Gasteiger partial charge in [-0.2, -0.15) is 0 Å². The third-order valence-corrected chi connectivity index (χ3v) is 2.93. The number of aliphatic hydroxyl groups excluding tert-OH is 1. The van der Waals surface area contributed by atoms with Gasteiger partial charge in [0.05, 0.1) is 20.3 Å². The van der Waals surface area contributed by atoms with Crippen LogP contribution in [0.15, 0.2) is 42.6 Å². The number of pyridine rings is 1. The lowest BCUT2D eigenvalue weighted by Gasteiger charge is -2.14. The zero-order valence-corrected chi connectivity index (χ0v) is 11.0. The van der Waals surface area contributed by atoms with E-state index in [1.165, 1.54) is 0 Å². The Labute approximate surface area is 112 Å². The molecule has 1 aromatic heterocycles. The van der Waals surface area contributed by atoms with Crippen molar-refractivity contribution in [3.05, 3.63) is 53.7 Å². The molecule has 0 saturated carbocycles. The molecule has 4 nitrogen and oxygen atoms in total.